The summed E-state index contributed by atoms with van der Waals surface area (Å²) in [6.45, 7) is 0. The van der Waals surface area contributed by atoms with Gasteiger partial charge in [-0.1, -0.05) is 0 Å². The zero-order chi connectivity index (χ0) is 11.8. The highest BCUT2D eigenvalue weighted by Crippen LogP contribution is 2.34. The molecule has 1 heterocycles. The second kappa shape index (κ2) is 4.06. The van der Waals surface area contributed by atoms with E-state index in [4.69, 9.17) is 0 Å². The molecule has 8 heteroatoms. The summed E-state index contributed by atoms with van der Waals surface area (Å²) in [6.07, 6.45) is -7.96. The lowest BCUT2D eigenvalue weighted by atomic mass is 10.2. The Morgan fingerprint density at radius 1 is 1.33 bits per heavy atom. The van der Waals surface area contributed by atoms with Crippen molar-refractivity contribution in [2.24, 2.45) is 0 Å². The fraction of sp³-hybridized carbons (Fsp3) is 0.286. The van der Waals surface area contributed by atoms with E-state index in [1.165, 1.54) is 0 Å². The molecule has 0 saturated heterocycles. The Morgan fingerprint density at radius 3 is 2.27 bits per heavy atom. The van der Waals surface area contributed by atoms with Crippen molar-refractivity contribution in [3.05, 3.63) is 31.2 Å². The SMILES string of the molecule is O=c1cc(C(F)(F)F)c(I)c(C(F)F)[nH]1. The monoisotopic (exact) mass is 339 g/mol. The number of alkyl halides is 5. The van der Waals surface area contributed by atoms with Gasteiger partial charge in [-0.2, -0.15) is 13.2 Å². The average molecular weight is 339 g/mol. The van der Waals surface area contributed by atoms with Gasteiger partial charge in [0.2, 0.25) is 5.56 Å². The normalized spacial score (nSPS) is 12.2. The van der Waals surface area contributed by atoms with Crippen molar-refractivity contribution in [2.75, 3.05) is 0 Å². The van der Waals surface area contributed by atoms with Gasteiger partial charge < -0.3 is 4.98 Å². The lowest BCUT2D eigenvalue weighted by Crippen LogP contribution is -2.18. The van der Waals surface area contributed by atoms with Gasteiger partial charge in [0.05, 0.1) is 14.8 Å². The maximum atomic E-state index is 12.3. The second-order valence-electron chi connectivity index (χ2n) is 2.57. The Bertz CT molecular complexity index is 424. The quantitative estimate of drug-likeness (QED) is 0.619. The van der Waals surface area contributed by atoms with Crippen LogP contribution in [0, 0.1) is 3.57 Å². The number of hydrogen-bond donors (Lipinski definition) is 1. The van der Waals surface area contributed by atoms with E-state index in [1.807, 2.05) is 0 Å². The number of nitrogens with one attached hydrogen (secondary N) is 1. The molecule has 0 radical (unpaired) electrons. The van der Waals surface area contributed by atoms with Crippen molar-refractivity contribution in [1.82, 2.24) is 4.98 Å². The van der Waals surface area contributed by atoms with Crippen LogP contribution in [0.4, 0.5) is 22.0 Å². The van der Waals surface area contributed by atoms with Gasteiger partial charge in [-0.05, 0) is 22.6 Å². The fourth-order valence-electron chi connectivity index (χ4n) is 0.920. The molecular formula is C7H3F5INO. The number of aromatic amines is 1. The fourth-order valence-corrected chi connectivity index (χ4v) is 1.75. The van der Waals surface area contributed by atoms with Gasteiger partial charge in [0.1, 0.15) is 0 Å². The van der Waals surface area contributed by atoms with Crippen LogP contribution in [0.15, 0.2) is 10.9 Å². The third kappa shape index (κ3) is 2.67. The smallest absolute Gasteiger partial charge is 0.320 e. The molecule has 0 fully saturated rings. The van der Waals surface area contributed by atoms with E-state index in [2.05, 4.69) is 0 Å². The molecule has 0 bridgehead atoms. The number of rotatable bonds is 1. The van der Waals surface area contributed by atoms with Crippen LogP contribution in [-0.4, -0.2) is 4.98 Å². The molecule has 1 aromatic heterocycles. The molecule has 0 aliphatic carbocycles. The second-order valence-corrected chi connectivity index (χ2v) is 3.65. The molecule has 0 atom stereocenters. The van der Waals surface area contributed by atoms with Gasteiger partial charge in [0.25, 0.3) is 6.43 Å². The van der Waals surface area contributed by atoms with Crippen molar-refractivity contribution in [3.63, 3.8) is 0 Å². The highest BCUT2D eigenvalue weighted by Gasteiger charge is 2.35. The minimum Gasteiger partial charge on any atom is -0.320 e. The van der Waals surface area contributed by atoms with Gasteiger partial charge in [-0.15, -0.1) is 0 Å². The molecule has 0 aliphatic heterocycles. The topological polar surface area (TPSA) is 32.9 Å². The molecule has 0 amide bonds. The predicted molar refractivity (Wildman–Crippen MR) is 49.7 cm³/mol. The van der Waals surface area contributed by atoms with Crippen molar-refractivity contribution in [1.29, 1.82) is 0 Å². The van der Waals surface area contributed by atoms with Crippen molar-refractivity contribution >= 4 is 22.6 Å². The Morgan fingerprint density at radius 2 is 1.87 bits per heavy atom. The number of H-pyrrole nitrogens is 1. The molecule has 84 valence electrons. The summed E-state index contributed by atoms with van der Waals surface area (Å²) in [6, 6.07) is 0.258. The molecule has 0 saturated carbocycles. The van der Waals surface area contributed by atoms with Crippen LogP contribution < -0.4 is 5.56 Å². The standard InChI is InChI=1S/C7H3F5INO/c8-6(9)5-4(13)2(7(10,11)12)1-3(15)14-5/h1,6H,(H,14,15). The summed E-state index contributed by atoms with van der Waals surface area (Å²) in [5, 5.41) is 0. The molecule has 0 aliphatic rings. The van der Waals surface area contributed by atoms with Gasteiger partial charge in [-0.25, -0.2) is 8.78 Å². The minimum absolute atomic E-state index is 0.258. The maximum absolute atomic E-state index is 12.3. The largest absolute Gasteiger partial charge is 0.417 e. The number of hydrogen-bond acceptors (Lipinski definition) is 1. The number of pyridine rings is 1. The zero-order valence-electron chi connectivity index (χ0n) is 6.83. The molecule has 1 aromatic rings. The van der Waals surface area contributed by atoms with Crippen molar-refractivity contribution in [3.8, 4) is 0 Å². The zero-order valence-corrected chi connectivity index (χ0v) is 8.99. The molecule has 0 unspecified atom stereocenters. The van der Waals surface area contributed by atoms with Crippen LogP contribution in [0.25, 0.3) is 0 Å². The first-order chi connectivity index (χ1) is 6.73. The lowest BCUT2D eigenvalue weighted by molar-refractivity contribution is -0.138. The molecule has 1 N–H and O–H groups in total. The highest BCUT2D eigenvalue weighted by atomic mass is 127. The van der Waals surface area contributed by atoms with E-state index >= 15 is 0 Å². The first-order valence-corrected chi connectivity index (χ1v) is 4.59. The van der Waals surface area contributed by atoms with Crippen LogP contribution in [0.3, 0.4) is 0 Å². The van der Waals surface area contributed by atoms with Gasteiger partial charge in [0, 0.05) is 6.07 Å². The Hall–Kier alpha value is -0.670. The third-order valence-corrected chi connectivity index (χ3v) is 2.69. The summed E-state index contributed by atoms with van der Waals surface area (Å²) in [7, 11) is 0. The molecule has 0 spiro atoms. The van der Waals surface area contributed by atoms with Crippen LogP contribution in [0.2, 0.25) is 0 Å². The van der Waals surface area contributed by atoms with E-state index in [0.29, 0.717) is 0 Å². The lowest BCUT2D eigenvalue weighted by Gasteiger charge is -2.11. The number of aromatic nitrogens is 1. The van der Waals surface area contributed by atoms with Gasteiger partial charge >= 0.3 is 6.18 Å². The van der Waals surface area contributed by atoms with E-state index in [-0.39, 0.29) is 6.07 Å². The Kier molecular flexibility index (Phi) is 3.36. The van der Waals surface area contributed by atoms with Crippen LogP contribution >= 0.6 is 22.6 Å². The van der Waals surface area contributed by atoms with E-state index in [1.54, 1.807) is 4.98 Å². The molecular weight excluding hydrogens is 336 g/mol. The third-order valence-electron chi connectivity index (χ3n) is 1.53. The van der Waals surface area contributed by atoms with Crippen LogP contribution in [0.1, 0.15) is 17.7 Å². The minimum atomic E-state index is -4.81. The summed E-state index contributed by atoms with van der Waals surface area (Å²) in [5.41, 5.74) is -3.55. The predicted octanol–water partition coefficient (Wildman–Crippen LogP) is 2.94. The van der Waals surface area contributed by atoms with Crippen molar-refractivity contribution in [2.45, 2.75) is 12.6 Å². The molecule has 0 aromatic carbocycles. The van der Waals surface area contributed by atoms with Crippen LogP contribution in [0.5, 0.6) is 0 Å². The average Bonchev–Trinajstić information content (AvgIpc) is 2.06. The molecule has 2 nitrogen and oxygen atoms in total. The summed E-state index contributed by atoms with van der Waals surface area (Å²) < 4.78 is 60.6. The highest BCUT2D eigenvalue weighted by molar-refractivity contribution is 14.1. The first-order valence-electron chi connectivity index (χ1n) is 3.51. The van der Waals surface area contributed by atoms with Crippen molar-refractivity contribution < 1.29 is 22.0 Å². The Balaban J connectivity index is 3.49. The maximum Gasteiger partial charge on any atom is 0.417 e. The Labute approximate surface area is 93.6 Å². The summed E-state index contributed by atoms with van der Waals surface area (Å²) >= 11 is 1.13. The van der Waals surface area contributed by atoms with E-state index in [9.17, 15) is 26.7 Å². The molecule has 1 rings (SSSR count). The summed E-state index contributed by atoms with van der Waals surface area (Å²) in [5.74, 6) is 0. The summed E-state index contributed by atoms with van der Waals surface area (Å²) in [4.78, 5) is 12.4. The molecule has 15 heavy (non-hydrogen) atoms. The van der Waals surface area contributed by atoms with E-state index in [0.717, 1.165) is 22.6 Å². The van der Waals surface area contributed by atoms with E-state index < -0.39 is 33.0 Å². The van der Waals surface area contributed by atoms with Gasteiger partial charge in [-0.3, -0.25) is 4.79 Å². The van der Waals surface area contributed by atoms with Crippen LogP contribution in [-0.2, 0) is 6.18 Å². The number of halogens is 6. The first kappa shape index (κ1) is 12.4. The van der Waals surface area contributed by atoms with Gasteiger partial charge in [0.15, 0.2) is 0 Å².